The Morgan fingerprint density at radius 1 is 1.28 bits per heavy atom. The van der Waals surface area contributed by atoms with Gasteiger partial charge in [0.25, 0.3) is 5.91 Å². The van der Waals surface area contributed by atoms with E-state index in [1.807, 2.05) is 0 Å². The number of rotatable bonds is 7. The molecule has 0 bridgehead atoms. The van der Waals surface area contributed by atoms with Crippen LogP contribution in [0.2, 0.25) is 0 Å². The number of sulfone groups is 1. The first kappa shape index (κ1) is 24.6. The van der Waals surface area contributed by atoms with Crippen LogP contribution in [0, 0.1) is 5.82 Å². The van der Waals surface area contributed by atoms with Crippen molar-refractivity contribution in [3.63, 3.8) is 0 Å². The summed E-state index contributed by atoms with van der Waals surface area (Å²) in [7, 11) is -7.38. The SMILES string of the molecule is CCN(C(=O)COC(=O)c1ccc(F)c(S(=O)(=O)N2CCOCC2)c1)[C@@H]1CCS(=O)(=O)C1. The Morgan fingerprint density at radius 2 is 1.97 bits per heavy atom. The van der Waals surface area contributed by atoms with Gasteiger partial charge < -0.3 is 14.4 Å². The van der Waals surface area contributed by atoms with Crippen molar-refractivity contribution in [1.29, 1.82) is 0 Å². The number of likely N-dealkylation sites (N-methyl/N-ethyl adjacent to an activating group) is 1. The summed E-state index contributed by atoms with van der Waals surface area (Å²) in [6.07, 6.45) is 0.316. The van der Waals surface area contributed by atoms with Gasteiger partial charge in [0, 0.05) is 25.7 Å². The number of esters is 1. The van der Waals surface area contributed by atoms with Gasteiger partial charge in [0.05, 0.1) is 30.3 Å². The summed E-state index contributed by atoms with van der Waals surface area (Å²) in [5.41, 5.74) is -0.225. The molecule has 2 aliphatic heterocycles. The van der Waals surface area contributed by atoms with Gasteiger partial charge in [0.2, 0.25) is 10.0 Å². The molecule has 13 heteroatoms. The number of halogens is 1. The molecule has 0 N–H and O–H groups in total. The minimum absolute atomic E-state index is 0.00277. The standard InChI is InChI=1S/C19H25FN2O8S2/c1-2-22(15-5-10-31(25,26)13-15)18(23)12-30-19(24)14-3-4-16(20)17(11-14)32(27,28)21-6-8-29-9-7-21/h3-4,11,15H,2,5-10,12-13H2,1H3/t15-/m1/s1. The molecule has 0 saturated carbocycles. The average molecular weight is 493 g/mol. The first-order valence-corrected chi connectivity index (χ1v) is 13.4. The van der Waals surface area contributed by atoms with Gasteiger partial charge in [-0.25, -0.2) is 26.0 Å². The number of ether oxygens (including phenoxy) is 2. The average Bonchev–Trinajstić information content (AvgIpc) is 3.12. The molecular weight excluding hydrogens is 467 g/mol. The fraction of sp³-hybridized carbons (Fsp3) is 0.579. The highest BCUT2D eigenvalue weighted by molar-refractivity contribution is 7.91. The van der Waals surface area contributed by atoms with E-state index in [4.69, 9.17) is 9.47 Å². The van der Waals surface area contributed by atoms with Crippen molar-refractivity contribution in [2.45, 2.75) is 24.3 Å². The number of carbonyl (C=O) groups is 2. The molecule has 2 fully saturated rings. The molecule has 0 radical (unpaired) electrons. The van der Waals surface area contributed by atoms with Gasteiger partial charge in [-0.1, -0.05) is 0 Å². The zero-order valence-electron chi connectivity index (χ0n) is 17.5. The second-order valence-corrected chi connectivity index (χ2v) is 11.6. The maximum atomic E-state index is 14.3. The molecule has 0 spiro atoms. The Balaban J connectivity index is 1.69. The maximum absolute atomic E-state index is 14.3. The quantitative estimate of drug-likeness (QED) is 0.488. The van der Waals surface area contributed by atoms with Crippen molar-refractivity contribution in [3.8, 4) is 0 Å². The van der Waals surface area contributed by atoms with Gasteiger partial charge in [0.1, 0.15) is 10.7 Å². The highest BCUT2D eigenvalue weighted by Gasteiger charge is 2.34. The lowest BCUT2D eigenvalue weighted by Gasteiger charge is -2.26. The first-order chi connectivity index (χ1) is 15.0. The smallest absolute Gasteiger partial charge is 0.338 e. The molecule has 2 saturated heterocycles. The maximum Gasteiger partial charge on any atom is 0.338 e. The van der Waals surface area contributed by atoms with Crippen molar-refractivity contribution in [2.24, 2.45) is 0 Å². The molecule has 1 aromatic carbocycles. The Morgan fingerprint density at radius 3 is 2.56 bits per heavy atom. The van der Waals surface area contributed by atoms with Crippen molar-refractivity contribution in [3.05, 3.63) is 29.6 Å². The topological polar surface area (TPSA) is 127 Å². The minimum atomic E-state index is -4.18. The zero-order chi connectivity index (χ0) is 23.5. The van der Waals surface area contributed by atoms with E-state index in [1.165, 1.54) is 4.90 Å². The largest absolute Gasteiger partial charge is 0.452 e. The van der Waals surface area contributed by atoms with Crippen molar-refractivity contribution < 1.29 is 40.3 Å². The summed E-state index contributed by atoms with van der Waals surface area (Å²) >= 11 is 0. The van der Waals surface area contributed by atoms with Gasteiger partial charge in [-0.3, -0.25) is 4.79 Å². The van der Waals surface area contributed by atoms with Gasteiger partial charge in [-0.2, -0.15) is 4.31 Å². The van der Waals surface area contributed by atoms with E-state index in [0.29, 0.717) is 6.42 Å². The van der Waals surface area contributed by atoms with E-state index in [-0.39, 0.29) is 49.9 Å². The molecule has 1 atom stereocenters. The van der Waals surface area contributed by atoms with Crippen LogP contribution < -0.4 is 0 Å². The van der Waals surface area contributed by atoms with Crippen LogP contribution >= 0.6 is 0 Å². The highest BCUT2D eigenvalue weighted by Crippen LogP contribution is 2.22. The van der Waals surface area contributed by atoms with Gasteiger partial charge in [0.15, 0.2) is 16.4 Å². The number of morpholine rings is 1. The van der Waals surface area contributed by atoms with Crippen molar-refractivity contribution in [2.75, 3.05) is 51.0 Å². The summed E-state index contributed by atoms with van der Waals surface area (Å²) in [5.74, 6) is -2.71. The molecule has 0 aromatic heterocycles. The van der Waals surface area contributed by atoms with Gasteiger partial charge in [-0.15, -0.1) is 0 Å². The van der Waals surface area contributed by atoms with Crippen molar-refractivity contribution >= 4 is 31.7 Å². The van der Waals surface area contributed by atoms with Crippen LogP contribution in [0.1, 0.15) is 23.7 Å². The summed E-state index contributed by atoms with van der Waals surface area (Å²) in [4.78, 5) is 25.6. The highest BCUT2D eigenvalue weighted by atomic mass is 32.2. The predicted octanol–water partition coefficient (Wildman–Crippen LogP) is 0.0390. The fourth-order valence-electron chi connectivity index (χ4n) is 3.71. The molecule has 2 heterocycles. The monoisotopic (exact) mass is 492 g/mol. The summed E-state index contributed by atoms with van der Waals surface area (Å²) in [6, 6.07) is 2.33. The minimum Gasteiger partial charge on any atom is -0.452 e. The Hall–Kier alpha value is -2.09. The first-order valence-electron chi connectivity index (χ1n) is 10.1. The number of hydrogen-bond donors (Lipinski definition) is 0. The number of amides is 1. The van der Waals surface area contributed by atoms with E-state index in [9.17, 15) is 30.8 Å². The fourth-order valence-corrected chi connectivity index (χ4v) is 6.94. The van der Waals surface area contributed by atoms with Crippen LogP contribution in [-0.4, -0.2) is 94.9 Å². The lowest BCUT2D eigenvalue weighted by molar-refractivity contribution is -0.136. The molecule has 1 amide bonds. The van der Waals surface area contributed by atoms with Gasteiger partial charge >= 0.3 is 5.97 Å². The van der Waals surface area contributed by atoms with Crippen LogP contribution in [0.4, 0.5) is 4.39 Å². The number of hydrogen-bond acceptors (Lipinski definition) is 8. The second kappa shape index (κ2) is 9.81. The molecule has 0 aliphatic carbocycles. The summed E-state index contributed by atoms with van der Waals surface area (Å²) in [6.45, 7) is 1.78. The van der Waals surface area contributed by atoms with E-state index in [0.717, 1.165) is 22.5 Å². The van der Waals surface area contributed by atoms with Crippen LogP contribution in [0.3, 0.4) is 0 Å². The molecule has 2 aliphatic rings. The predicted molar refractivity (Wildman–Crippen MR) is 111 cm³/mol. The molecule has 178 valence electrons. The number of carbonyl (C=O) groups excluding carboxylic acids is 2. The number of benzene rings is 1. The summed E-state index contributed by atoms with van der Waals surface area (Å²) in [5, 5.41) is 0. The van der Waals surface area contributed by atoms with E-state index in [2.05, 4.69) is 0 Å². The Labute approximate surface area is 186 Å². The van der Waals surface area contributed by atoms with Crippen LogP contribution in [-0.2, 0) is 34.1 Å². The van der Waals surface area contributed by atoms with Crippen LogP contribution in [0.5, 0.6) is 0 Å². The van der Waals surface area contributed by atoms with Crippen LogP contribution in [0.15, 0.2) is 23.1 Å². The van der Waals surface area contributed by atoms with E-state index >= 15 is 0 Å². The van der Waals surface area contributed by atoms with Crippen LogP contribution in [0.25, 0.3) is 0 Å². The second-order valence-electron chi connectivity index (χ2n) is 7.47. The lowest BCUT2D eigenvalue weighted by Crippen LogP contribution is -2.43. The summed E-state index contributed by atoms with van der Waals surface area (Å²) < 4.78 is 74.3. The molecular formula is C19H25FN2O8S2. The molecule has 3 rings (SSSR count). The Kier molecular flexibility index (Phi) is 7.53. The molecule has 1 aromatic rings. The third-order valence-electron chi connectivity index (χ3n) is 5.39. The third-order valence-corrected chi connectivity index (χ3v) is 9.06. The zero-order valence-corrected chi connectivity index (χ0v) is 19.2. The van der Waals surface area contributed by atoms with Crippen molar-refractivity contribution in [1.82, 2.24) is 9.21 Å². The van der Waals surface area contributed by atoms with Gasteiger partial charge in [-0.05, 0) is 31.5 Å². The third kappa shape index (κ3) is 5.45. The Bertz CT molecular complexity index is 1080. The number of sulfonamides is 1. The molecule has 32 heavy (non-hydrogen) atoms. The van der Waals surface area contributed by atoms with E-state index in [1.54, 1.807) is 6.92 Å². The lowest BCUT2D eigenvalue weighted by atomic mass is 10.2. The number of nitrogens with zero attached hydrogens (tertiary/aromatic N) is 2. The molecule has 0 unspecified atom stereocenters. The van der Waals surface area contributed by atoms with E-state index < -0.39 is 55.1 Å². The normalized spacial score (nSPS) is 21.2. The molecule has 10 nitrogen and oxygen atoms in total.